The molecule has 2 aromatic rings. The Balaban J connectivity index is 1.44. The van der Waals surface area contributed by atoms with E-state index in [1.807, 2.05) is 18.7 Å². The van der Waals surface area contributed by atoms with Crippen LogP contribution in [0.25, 0.3) is 0 Å². The van der Waals surface area contributed by atoms with Crippen molar-refractivity contribution in [2.24, 2.45) is 0 Å². The molecule has 35 heavy (non-hydrogen) atoms. The van der Waals surface area contributed by atoms with Crippen LogP contribution in [-0.2, 0) is 16.1 Å². The van der Waals surface area contributed by atoms with Crippen LogP contribution in [0.3, 0.4) is 0 Å². The van der Waals surface area contributed by atoms with Gasteiger partial charge in [0.05, 0.1) is 4.92 Å². The summed E-state index contributed by atoms with van der Waals surface area (Å²) in [6, 6.07) is 5.63. The number of nitrogens with one attached hydrogen (secondary N) is 1. The number of thioether (sulfide) groups is 1. The second-order valence-corrected chi connectivity index (χ2v) is 10.5. The van der Waals surface area contributed by atoms with Crippen molar-refractivity contribution in [1.29, 1.82) is 0 Å². The summed E-state index contributed by atoms with van der Waals surface area (Å²) < 4.78 is 5.13. The smallest absolute Gasteiger partial charge is 0.407 e. The Morgan fingerprint density at radius 3 is 2.60 bits per heavy atom. The molecule has 2 amide bonds. The molecule has 0 spiro atoms. The number of nitrogens with zero attached hydrogens (tertiary/aromatic N) is 4. The van der Waals surface area contributed by atoms with Crippen molar-refractivity contribution < 1.29 is 24.0 Å². The molecule has 1 N–H and O–H groups in total. The van der Waals surface area contributed by atoms with Crippen LogP contribution in [0.5, 0.6) is 0 Å². The predicted molar refractivity (Wildman–Crippen MR) is 134 cm³/mol. The summed E-state index contributed by atoms with van der Waals surface area (Å²) in [6.07, 6.45) is -0.647. The lowest BCUT2D eigenvalue weighted by molar-refractivity contribution is -0.384. The Morgan fingerprint density at radius 2 is 2.00 bits per heavy atom. The first-order chi connectivity index (χ1) is 16.6. The van der Waals surface area contributed by atoms with Gasteiger partial charge in [-0.15, -0.1) is 11.3 Å². The summed E-state index contributed by atoms with van der Waals surface area (Å²) in [5, 5.41) is 16.1. The lowest BCUT2D eigenvalue weighted by Gasteiger charge is -2.37. The Morgan fingerprint density at radius 1 is 1.31 bits per heavy atom. The first kappa shape index (κ1) is 26.4. The lowest BCUT2D eigenvalue weighted by Crippen LogP contribution is -2.49. The van der Waals surface area contributed by atoms with Crippen LogP contribution >= 0.6 is 23.1 Å². The number of nitro groups is 1. The average molecular weight is 522 g/mol. The number of rotatable bonds is 10. The molecule has 0 unspecified atom stereocenters. The van der Waals surface area contributed by atoms with Gasteiger partial charge in [0.2, 0.25) is 0 Å². The third kappa shape index (κ3) is 7.39. The molecular formula is C22H27N5O6S2. The number of non-ortho nitro benzene ring substituents is 1. The van der Waals surface area contributed by atoms with Crippen LogP contribution in [0.2, 0.25) is 0 Å². The second-order valence-electron chi connectivity index (χ2n) is 8.17. The van der Waals surface area contributed by atoms with Crippen LogP contribution in [0.15, 0.2) is 29.6 Å². The molecule has 0 atom stereocenters. The fraction of sp³-hybridized carbons (Fsp3) is 0.455. The number of carbonyl (C=O) groups is 3. The number of amides is 2. The number of thiazole rings is 1. The topological polar surface area (TPSA) is 135 Å². The SMILES string of the molecule is CC(=O)SC1CN(c2nc(C(=O)N(CCNC(=O)OCc3ccc([N+](=O)[O-])cc3)C(C)C)cs2)C1. The molecule has 0 bridgehead atoms. The summed E-state index contributed by atoms with van der Waals surface area (Å²) in [6.45, 7) is 7.22. The van der Waals surface area contributed by atoms with E-state index in [9.17, 15) is 24.5 Å². The van der Waals surface area contributed by atoms with Gasteiger partial charge < -0.3 is 19.9 Å². The maximum absolute atomic E-state index is 13.0. The quantitative estimate of drug-likeness (QED) is 0.369. The minimum atomic E-state index is -0.647. The van der Waals surface area contributed by atoms with Gasteiger partial charge in [-0.25, -0.2) is 9.78 Å². The minimum absolute atomic E-state index is 0.0272. The van der Waals surface area contributed by atoms with Crippen molar-refractivity contribution in [3.63, 3.8) is 0 Å². The van der Waals surface area contributed by atoms with Crippen molar-refractivity contribution in [2.45, 2.75) is 38.7 Å². The summed E-state index contributed by atoms with van der Waals surface area (Å²) in [7, 11) is 0. The fourth-order valence-corrected chi connectivity index (χ4v) is 5.14. The van der Waals surface area contributed by atoms with E-state index in [2.05, 4.69) is 10.3 Å². The summed E-state index contributed by atoms with van der Waals surface area (Å²) >= 11 is 2.72. The Hall–Kier alpha value is -3.19. The van der Waals surface area contributed by atoms with Crippen molar-refractivity contribution in [3.05, 3.63) is 51.0 Å². The molecule has 0 aliphatic carbocycles. The zero-order valence-electron chi connectivity index (χ0n) is 19.6. The van der Waals surface area contributed by atoms with Gasteiger partial charge in [-0.05, 0) is 31.5 Å². The molecule has 11 nitrogen and oxygen atoms in total. The van der Waals surface area contributed by atoms with Gasteiger partial charge in [-0.2, -0.15) is 0 Å². The Kier molecular flexibility index (Phi) is 9.04. The maximum atomic E-state index is 13.0. The maximum Gasteiger partial charge on any atom is 0.407 e. The molecule has 1 aliphatic rings. The number of benzene rings is 1. The summed E-state index contributed by atoms with van der Waals surface area (Å²) in [5.41, 5.74) is 0.935. The highest BCUT2D eigenvalue weighted by atomic mass is 32.2. The molecule has 0 saturated carbocycles. The average Bonchev–Trinajstić information content (AvgIpc) is 3.26. The molecular weight excluding hydrogens is 494 g/mol. The van der Waals surface area contributed by atoms with Crippen LogP contribution in [0, 0.1) is 10.1 Å². The highest BCUT2D eigenvalue weighted by Gasteiger charge is 2.31. The van der Waals surface area contributed by atoms with Gasteiger partial charge in [0, 0.05) is 61.9 Å². The van der Waals surface area contributed by atoms with Gasteiger partial charge in [0.1, 0.15) is 12.3 Å². The van der Waals surface area contributed by atoms with E-state index < -0.39 is 11.0 Å². The fourth-order valence-electron chi connectivity index (χ4n) is 3.34. The van der Waals surface area contributed by atoms with Gasteiger partial charge in [-0.1, -0.05) is 11.8 Å². The zero-order valence-corrected chi connectivity index (χ0v) is 21.3. The molecule has 1 aromatic heterocycles. The largest absolute Gasteiger partial charge is 0.445 e. The van der Waals surface area contributed by atoms with Crippen molar-refractivity contribution in [3.8, 4) is 0 Å². The molecule has 1 aromatic carbocycles. The zero-order chi connectivity index (χ0) is 25.5. The highest BCUT2D eigenvalue weighted by Crippen LogP contribution is 2.31. The van der Waals surface area contributed by atoms with E-state index in [-0.39, 0.29) is 47.7 Å². The van der Waals surface area contributed by atoms with Crippen LogP contribution in [-0.4, -0.2) is 69.4 Å². The van der Waals surface area contributed by atoms with E-state index in [4.69, 9.17) is 4.74 Å². The molecule has 2 heterocycles. The number of hydrogen-bond donors (Lipinski definition) is 1. The second kappa shape index (κ2) is 12.0. The van der Waals surface area contributed by atoms with Gasteiger partial charge in [0.15, 0.2) is 10.2 Å². The minimum Gasteiger partial charge on any atom is -0.445 e. The Bertz CT molecular complexity index is 1070. The lowest BCUT2D eigenvalue weighted by atomic mass is 10.2. The predicted octanol–water partition coefficient (Wildman–Crippen LogP) is 3.30. The number of aromatic nitrogens is 1. The molecule has 1 aliphatic heterocycles. The number of anilines is 1. The molecule has 1 saturated heterocycles. The Labute approximate surface area is 211 Å². The number of ether oxygens (including phenoxy) is 1. The molecule has 1 fully saturated rings. The summed E-state index contributed by atoms with van der Waals surface area (Å²) in [5.74, 6) is -0.223. The van der Waals surface area contributed by atoms with Gasteiger partial charge >= 0.3 is 6.09 Å². The third-order valence-corrected chi connectivity index (χ3v) is 7.05. The van der Waals surface area contributed by atoms with Crippen LogP contribution in [0.1, 0.15) is 36.8 Å². The summed E-state index contributed by atoms with van der Waals surface area (Å²) in [4.78, 5) is 54.6. The van der Waals surface area contributed by atoms with E-state index in [1.165, 1.54) is 47.4 Å². The van der Waals surface area contributed by atoms with E-state index in [1.54, 1.807) is 17.2 Å². The third-order valence-electron chi connectivity index (χ3n) is 5.19. The normalized spacial score (nSPS) is 13.3. The molecule has 188 valence electrons. The number of nitro benzene ring substituents is 1. The monoisotopic (exact) mass is 521 g/mol. The van der Waals surface area contributed by atoms with Crippen molar-refractivity contribution >= 4 is 51.0 Å². The number of hydrogen-bond acceptors (Lipinski definition) is 10. The van der Waals surface area contributed by atoms with Crippen molar-refractivity contribution in [1.82, 2.24) is 15.2 Å². The number of carbonyl (C=O) groups excluding carboxylic acids is 3. The van der Waals surface area contributed by atoms with E-state index >= 15 is 0 Å². The first-order valence-corrected chi connectivity index (χ1v) is 12.7. The van der Waals surface area contributed by atoms with E-state index in [0.29, 0.717) is 11.3 Å². The molecule has 13 heteroatoms. The van der Waals surface area contributed by atoms with Gasteiger partial charge in [0.25, 0.3) is 11.6 Å². The van der Waals surface area contributed by atoms with Gasteiger partial charge in [-0.3, -0.25) is 19.7 Å². The van der Waals surface area contributed by atoms with Crippen LogP contribution in [0.4, 0.5) is 15.6 Å². The van der Waals surface area contributed by atoms with Crippen LogP contribution < -0.4 is 10.2 Å². The molecule has 3 rings (SSSR count). The standard InChI is InChI=1S/C22H27N5O6S2/c1-14(2)26(9-8-23-22(30)33-12-16-4-6-17(7-5-16)27(31)32)20(29)19-13-34-21(24-19)25-10-18(11-25)35-15(3)28/h4-7,13-14,18H,8-12H2,1-3H3,(H,23,30). The van der Waals surface area contributed by atoms with E-state index in [0.717, 1.165) is 18.2 Å². The molecule has 0 radical (unpaired) electrons. The number of alkyl carbamates (subject to hydrolysis) is 1. The van der Waals surface area contributed by atoms with Crippen molar-refractivity contribution in [2.75, 3.05) is 31.1 Å². The highest BCUT2D eigenvalue weighted by molar-refractivity contribution is 8.14. The first-order valence-electron chi connectivity index (χ1n) is 11.0.